The molecule has 0 unspecified atom stereocenters. The van der Waals surface area contributed by atoms with Crippen LogP contribution < -0.4 is 5.32 Å². The fourth-order valence-electron chi connectivity index (χ4n) is 3.94. The van der Waals surface area contributed by atoms with Crippen LogP contribution >= 0.6 is 0 Å². The number of aryl methyl sites for hydroxylation is 4. The molecule has 0 spiro atoms. The Morgan fingerprint density at radius 1 is 1.03 bits per heavy atom. The van der Waals surface area contributed by atoms with Gasteiger partial charge in [0.2, 0.25) is 5.91 Å². The van der Waals surface area contributed by atoms with E-state index in [1.54, 1.807) is 0 Å². The van der Waals surface area contributed by atoms with Crippen LogP contribution in [0.2, 0.25) is 0 Å². The molecule has 1 amide bonds. The number of anilines is 1. The summed E-state index contributed by atoms with van der Waals surface area (Å²) in [5.41, 5.74) is 7.02. The van der Waals surface area contributed by atoms with Crippen molar-refractivity contribution in [1.82, 2.24) is 9.97 Å². The fraction of sp³-hybridized carbons (Fsp3) is 0.320. The number of aromatic nitrogens is 2. The van der Waals surface area contributed by atoms with Gasteiger partial charge in [-0.05, 0) is 42.4 Å². The topological polar surface area (TPSA) is 75.1 Å². The smallest absolute Gasteiger partial charge is 0.225 e. The van der Waals surface area contributed by atoms with Gasteiger partial charge in [0.1, 0.15) is 0 Å². The number of hydrogen-bond acceptors (Lipinski definition) is 4. The maximum atomic E-state index is 12.6. The molecule has 0 aliphatic heterocycles. The molecule has 0 atom stereocenters. The Kier molecular flexibility index (Phi) is 6.19. The number of nitrogens with zero attached hydrogens (tertiary/aromatic N) is 2. The van der Waals surface area contributed by atoms with E-state index < -0.39 is 0 Å². The monoisotopic (exact) mass is 401 g/mol. The van der Waals surface area contributed by atoms with E-state index in [-0.39, 0.29) is 12.5 Å². The van der Waals surface area contributed by atoms with E-state index in [0.717, 1.165) is 59.5 Å². The maximum absolute atomic E-state index is 12.6. The van der Waals surface area contributed by atoms with E-state index in [4.69, 9.17) is 9.97 Å². The van der Waals surface area contributed by atoms with Gasteiger partial charge in [0, 0.05) is 12.0 Å². The van der Waals surface area contributed by atoms with Gasteiger partial charge in [0.05, 0.1) is 23.7 Å². The summed E-state index contributed by atoms with van der Waals surface area (Å²) in [5.74, 6) is 0.568. The molecule has 1 aromatic heterocycles. The SMILES string of the molecule is CCCc1nc2c(nc1NC(=O)CCc1ccccc1)CCc1cc(CO)ccc1-2. The molecular weight excluding hydrogens is 374 g/mol. The van der Waals surface area contributed by atoms with Crippen molar-refractivity contribution in [2.24, 2.45) is 0 Å². The van der Waals surface area contributed by atoms with Gasteiger partial charge in [0.15, 0.2) is 5.82 Å². The first kappa shape index (κ1) is 20.2. The highest BCUT2D eigenvalue weighted by molar-refractivity contribution is 5.90. The predicted octanol–water partition coefficient (Wildman–Crippen LogP) is 4.26. The molecule has 2 N–H and O–H groups in total. The average molecular weight is 402 g/mol. The van der Waals surface area contributed by atoms with Gasteiger partial charge in [-0.1, -0.05) is 61.9 Å². The second-order valence-electron chi connectivity index (χ2n) is 7.75. The zero-order chi connectivity index (χ0) is 20.9. The van der Waals surface area contributed by atoms with Crippen LogP contribution in [0, 0.1) is 0 Å². The molecule has 5 heteroatoms. The minimum atomic E-state index is -0.0331. The molecular formula is C25H27N3O2. The lowest BCUT2D eigenvalue weighted by Gasteiger charge is -2.21. The van der Waals surface area contributed by atoms with Gasteiger partial charge in [-0.15, -0.1) is 0 Å². The van der Waals surface area contributed by atoms with Crippen LogP contribution in [0.25, 0.3) is 11.3 Å². The van der Waals surface area contributed by atoms with Crippen molar-refractivity contribution < 1.29 is 9.90 Å². The highest BCUT2D eigenvalue weighted by atomic mass is 16.3. The number of nitrogens with one attached hydrogen (secondary N) is 1. The normalized spacial score (nSPS) is 12.2. The third kappa shape index (κ3) is 4.41. The minimum Gasteiger partial charge on any atom is -0.392 e. The molecule has 1 aliphatic rings. The summed E-state index contributed by atoms with van der Waals surface area (Å²) >= 11 is 0. The van der Waals surface area contributed by atoms with Crippen LogP contribution in [-0.4, -0.2) is 21.0 Å². The van der Waals surface area contributed by atoms with Gasteiger partial charge in [-0.3, -0.25) is 4.79 Å². The van der Waals surface area contributed by atoms with Crippen LogP contribution in [-0.2, 0) is 37.1 Å². The summed E-state index contributed by atoms with van der Waals surface area (Å²) in [5, 5.41) is 12.4. The van der Waals surface area contributed by atoms with E-state index in [1.165, 1.54) is 5.56 Å². The summed E-state index contributed by atoms with van der Waals surface area (Å²) in [4.78, 5) is 22.3. The minimum absolute atomic E-state index is 0.0331. The van der Waals surface area contributed by atoms with Gasteiger partial charge in [-0.2, -0.15) is 0 Å². The second-order valence-corrected chi connectivity index (χ2v) is 7.75. The van der Waals surface area contributed by atoms with Crippen LogP contribution in [0.4, 0.5) is 5.82 Å². The summed E-state index contributed by atoms with van der Waals surface area (Å²) < 4.78 is 0. The van der Waals surface area contributed by atoms with E-state index in [2.05, 4.69) is 18.3 Å². The molecule has 0 fully saturated rings. The molecule has 30 heavy (non-hydrogen) atoms. The average Bonchev–Trinajstić information content (AvgIpc) is 2.78. The molecule has 0 saturated carbocycles. The van der Waals surface area contributed by atoms with E-state index in [1.807, 2.05) is 42.5 Å². The Hall–Kier alpha value is -3.05. The molecule has 0 bridgehead atoms. The van der Waals surface area contributed by atoms with Crippen molar-refractivity contribution in [1.29, 1.82) is 0 Å². The predicted molar refractivity (Wildman–Crippen MR) is 118 cm³/mol. The number of carbonyl (C=O) groups excluding carboxylic acids is 1. The second kappa shape index (κ2) is 9.18. The van der Waals surface area contributed by atoms with E-state index in [0.29, 0.717) is 18.7 Å². The summed E-state index contributed by atoms with van der Waals surface area (Å²) in [6.07, 6.45) is 4.45. The number of hydrogen-bond donors (Lipinski definition) is 2. The van der Waals surface area contributed by atoms with Gasteiger partial charge in [0.25, 0.3) is 0 Å². The van der Waals surface area contributed by atoms with Gasteiger partial charge in [-0.25, -0.2) is 9.97 Å². The number of amides is 1. The molecule has 4 rings (SSSR count). The largest absolute Gasteiger partial charge is 0.392 e. The van der Waals surface area contributed by atoms with Crippen molar-refractivity contribution in [3.05, 3.63) is 76.6 Å². The Morgan fingerprint density at radius 3 is 2.63 bits per heavy atom. The van der Waals surface area contributed by atoms with Crippen molar-refractivity contribution in [3.8, 4) is 11.3 Å². The van der Waals surface area contributed by atoms with Gasteiger partial charge >= 0.3 is 0 Å². The molecule has 5 nitrogen and oxygen atoms in total. The number of aliphatic hydroxyl groups is 1. The first-order valence-corrected chi connectivity index (χ1v) is 10.6. The Bertz CT molecular complexity index is 1050. The van der Waals surface area contributed by atoms with Crippen LogP contribution in [0.5, 0.6) is 0 Å². The van der Waals surface area contributed by atoms with Crippen LogP contribution in [0.1, 0.15) is 47.8 Å². The molecule has 0 saturated heterocycles. The fourth-order valence-corrected chi connectivity index (χ4v) is 3.94. The standard InChI is InChI=1S/C25H27N3O2/c1-2-6-22-25(28-23(30)14-10-17-7-4-3-5-8-17)27-21-13-11-19-15-18(16-29)9-12-20(19)24(21)26-22/h3-5,7-9,12,15,29H,2,6,10-11,13-14,16H2,1H3,(H,27,28,30). The summed E-state index contributed by atoms with van der Waals surface area (Å²) in [7, 11) is 0. The molecule has 2 aromatic carbocycles. The lowest BCUT2D eigenvalue weighted by atomic mass is 9.90. The highest BCUT2D eigenvalue weighted by Gasteiger charge is 2.22. The number of fused-ring (bicyclic) bond motifs is 3. The molecule has 1 heterocycles. The van der Waals surface area contributed by atoms with E-state index >= 15 is 0 Å². The first-order chi connectivity index (χ1) is 14.7. The molecule has 0 radical (unpaired) electrons. The van der Waals surface area contributed by atoms with Crippen molar-refractivity contribution >= 4 is 11.7 Å². The van der Waals surface area contributed by atoms with Gasteiger partial charge < -0.3 is 10.4 Å². The first-order valence-electron chi connectivity index (χ1n) is 10.6. The van der Waals surface area contributed by atoms with Crippen molar-refractivity contribution in [2.45, 2.75) is 52.1 Å². The zero-order valence-corrected chi connectivity index (χ0v) is 17.3. The Morgan fingerprint density at radius 2 is 1.87 bits per heavy atom. The zero-order valence-electron chi connectivity index (χ0n) is 17.3. The third-order valence-electron chi connectivity index (χ3n) is 5.51. The highest BCUT2D eigenvalue weighted by Crippen LogP contribution is 2.33. The van der Waals surface area contributed by atoms with Crippen molar-refractivity contribution in [3.63, 3.8) is 0 Å². The number of benzene rings is 2. The van der Waals surface area contributed by atoms with Crippen molar-refractivity contribution in [2.75, 3.05) is 5.32 Å². The summed E-state index contributed by atoms with van der Waals surface area (Å²) in [6.45, 7) is 2.14. The quantitative estimate of drug-likeness (QED) is 0.620. The molecule has 1 aliphatic carbocycles. The number of carbonyl (C=O) groups is 1. The Labute approximate surface area is 177 Å². The number of rotatable bonds is 7. The maximum Gasteiger partial charge on any atom is 0.225 e. The Balaban J connectivity index is 1.57. The molecule has 154 valence electrons. The number of aliphatic hydroxyl groups excluding tert-OH is 1. The third-order valence-corrected chi connectivity index (χ3v) is 5.51. The summed E-state index contributed by atoms with van der Waals surface area (Å²) in [6, 6.07) is 16.1. The van der Waals surface area contributed by atoms with E-state index in [9.17, 15) is 9.90 Å². The van der Waals surface area contributed by atoms with Crippen LogP contribution in [0.3, 0.4) is 0 Å². The lowest BCUT2D eigenvalue weighted by Crippen LogP contribution is -2.18. The lowest BCUT2D eigenvalue weighted by molar-refractivity contribution is -0.116. The molecule has 3 aromatic rings. The van der Waals surface area contributed by atoms with Crippen LogP contribution in [0.15, 0.2) is 48.5 Å².